The van der Waals surface area contributed by atoms with Crippen LogP contribution in [0.5, 0.6) is 0 Å². The third-order valence-electron chi connectivity index (χ3n) is 3.56. The molecular formula is C15H24N2O. The molecule has 2 unspecified atom stereocenters. The summed E-state index contributed by atoms with van der Waals surface area (Å²) in [4.78, 5) is 0. The van der Waals surface area contributed by atoms with E-state index in [9.17, 15) is 0 Å². The highest BCUT2D eigenvalue weighted by Crippen LogP contribution is 2.22. The molecule has 3 nitrogen and oxygen atoms in total. The number of ether oxygens (including phenoxy) is 1. The van der Waals surface area contributed by atoms with Crippen LogP contribution >= 0.6 is 0 Å². The Morgan fingerprint density at radius 2 is 2.06 bits per heavy atom. The van der Waals surface area contributed by atoms with Gasteiger partial charge in [0.2, 0.25) is 0 Å². The molecule has 0 spiro atoms. The van der Waals surface area contributed by atoms with Gasteiger partial charge in [-0.2, -0.15) is 0 Å². The van der Waals surface area contributed by atoms with Gasteiger partial charge < -0.3 is 15.4 Å². The zero-order valence-electron chi connectivity index (χ0n) is 11.2. The first kappa shape index (κ1) is 13.4. The van der Waals surface area contributed by atoms with Crippen molar-refractivity contribution in [1.29, 1.82) is 0 Å². The summed E-state index contributed by atoms with van der Waals surface area (Å²) in [6.45, 7) is 6.19. The molecule has 0 amide bonds. The summed E-state index contributed by atoms with van der Waals surface area (Å²) >= 11 is 0. The van der Waals surface area contributed by atoms with E-state index in [1.165, 1.54) is 12.1 Å². The molecule has 1 aromatic rings. The third kappa shape index (κ3) is 4.00. The molecule has 0 bridgehead atoms. The molecule has 0 aliphatic carbocycles. The second-order valence-electron chi connectivity index (χ2n) is 4.86. The summed E-state index contributed by atoms with van der Waals surface area (Å²) in [5, 5.41) is 6.92. The van der Waals surface area contributed by atoms with Crippen molar-refractivity contribution in [3.63, 3.8) is 0 Å². The van der Waals surface area contributed by atoms with Gasteiger partial charge in [0.15, 0.2) is 0 Å². The molecule has 0 saturated carbocycles. The topological polar surface area (TPSA) is 33.3 Å². The van der Waals surface area contributed by atoms with E-state index in [4.69, 9.17) is 4.74 Å². The van der Waals surface area contributed by atoms with E-state index < -0.39 is 0 Å². The summed E-state index contributed by atoms with van der Waals surface area (Å²) in [5.74, 6) is 0.701. The van der Waals surface area contributed by atoms with Crippen LogP contribution in [0.4, 0.5) is 5.69 Å². The van der Waals surface area contributed by atoms with Gasteiger partial charge in [-0.1, -0.05) is 25.1 Å². The lowest BCUT2D eigenvalue weighted by Crippen LogP contribution is -2.31. The van der Waals surface area contributed by atoms with Crippen LogP contribution in [0, 0.1) is 5.92 Å². The molecule has 1 fully saturated rings. The quantitative estimate of drug-likeness (QED) is 0.727. The summed E-state index contributed by atoms with van der Waals surface area (Å²) in [5.41, 5.74) is 1.19. The van der Waals surface area contributed by atoms with Crippen molar-refractivity contribution in [3.8, 4) is 0 Å². The maximum Gasteiger partial charge on any atom is 0.0613 e. The van der Waals surface area contributed by atoms with Gasteiger partial charge >= 0.3 is 0 Å². The van der Waals surface area contributed by atoms with E-state index in [2.05, 4.69) is 41.8 Å². The molecule has 0 radical (unpaired) electrons. The fourth-order valence-corrected chi connectivity index (χ4v) is 2.52. The molecule has 1 aliphatic rings. The van der Waals surface area contributed by atoms with Crippen molar-refractivity contribution >= 4 is 5.69 Å². The van der Waals surface area contributed by atoms with Crippen LogP contribution in [-0.2, 0) is 4.74 Å². The van der Waals surface area contributed by atoms with E-state index in [-0.39, 0.29) is 0 Å². The Morgan fingerprint density at radius 1 is 1.22 bits per heavy atom. The Labute approximate surface area is 110 Å². The molecule has 0 aromatic heterocycles. The number of hydrogen-bond donors (Lipinski definition) is 2. The molecule has 2 N–H and O–H groups in total. The smallest absolute Gasteiger partial charge is 0.0613 e. The van der Waals surface area contributed by atoms with Gasteiger partial charge in [0.05, 0.1) is 6.10 Å². The van der Waals surface area contributed by atoms with Crippen molar-refractivity contribution in [3.05, 3.63) is 30.3 Å². The Bertz CT molecular complexity index is 329. The summed E-state index contributed by atoms with van der Waals surface area (Å²) in [6, 6.07) is 10.3. The van der Waals surface area contributed by atoms with Gasteiger partial charge in [-0.3, -0.25) is 0 Å². The van der Waals surface area contributed by atoms with E-state index in [0.29, 0.717) is 12.0 Å². The highest BCUT2D eigenvalue weighted by molar-refractivity contribution is 5.42. The molecule has 1 aromatic carbocycles. The Kier molecular flexibility index (Phi) is 5.49. The maximum atomic E-state index is 5.69. The van der Waals surface area contributed by atoms with Crippen LogP contribution in [0.3, 0.4) is 0 Å². The zero-order chi connectivity index (χ0) is 12.6. The molecule has 1 aliphatic heterocycles. The predicted octanol–water partition coefficient (Wildman–Crippen LogP) is 2.50. The third-order valence-corrected chi connectivity index (χ3v) is 3.56. The van der Waals surface area contributed by atoms with Crippen LogP contribution < -0.4 is 10.6 Å². The summed E-state index contributed by atoms with van der Waals surface area (Å²) in [7, 11) is 0. The molecular weight excluding hydrogens is 224 g/mol. The molecule has 1 saturated heterocycles. The van der Waals surface area contributed by atoms with E-state index in [1.807, 2.05) is 6.07 Å². The minimum Gasteiger partial charge on any atom is -0.384 e. The SMILES string of the molecule is CCC1OCCC1CNCCNc1ccccc1. The maximum absolute atomic E-state index is 5.69. The predicted molar refractivity (Wildman–Crippen MR) is 75.9 cm³/mol. The first-order valence-corrected chi connectivity index (χ1v) is 7.01. The number of hydrogen-bond acceptors (Lipinski definition) is 3. The first-order valence-electron chi connectivity index (χ1n) is 7.01. The highest BCUT2D eigenvalue weighted by Gasteiger charge is 2.25. The lowest BCUT2D eigenvalue weighted by molar-refractivity contribution is 0.0874. The minimum atomic E-state index is 0.472. The standard InChI is InChI=1S/C15H24N2O/c1-2-15-13(8-11-18-15)12-16-9-10-17-14-6-4-3-5-7-14/h3-7,13,15-17H,2,8-12H2,1H3. The monoisotopic (exact) mass is 248 g/mol. The summed E-state index contributed by atoms with van der Waals surface area (Å²) in [6.07, 6.45) is 2.81. The number of para-hydroxylation sites is 1. The van der Waals surface area contributed by atoms with E-state index >= 15 is 0 Å². The van der Waals surface area contributed by atoms with E-state index in [1.54, 1.807) is 0 Å². The fraction of sp³-hybridized carbons (Fsp3) is 0.600. The van der Waals surface area contributed by atoms with Gasteiger partial charge in [-0.05, 0) is 30.9 Å². The molecule has 100 valence electrons. The first-order chi connectivity index (χ1) is 8.90. The largest absolute Gasteiger partial charge is 0.384 e. The molecule has 18 heavy (non-hydrogen) atoms. The Morgan fingerprint density at radius 3 is 2.83 bits per heavy atom. The van der Waals surface area contributed by atoms with Gasteiger partial charge in [0.1, 0.15) is 0 Å². The molecule has 3 heteroatoms. The molecule has 2 atom stereocenters. The molecule has 2 rings (SSSR count). The average Bonchev–Trinajstić information content (AvgIpc) is 2.87. The second-order valence-corrected chi connectivity index (χ2v) is 4.86. The van der Waals surface area contributed by atoms with Crippen LogP contribution in [0.15, 0.2) is 30.3 Å². The van der Waals surface area contributed by atoms with Crippen molar-refractivity contribution in [1.82, 2.24) is 5.32 Å². The minimum absolute atomic E-state index is 0.472. The van der Waals surface area contributed by atoms with Crippen molar-refractivity contribution < 1.29 is 4.74 Å². The van der Waals surface area contributed by atoms with Crippen molar-refractivity contribution in [2.24, 2.45) is 5.92 Å². The van der Waals surface area contributed by atoms with Crippen molar-refractivity contribution in [2.45, 2.75) is 25.9 Å². The summed E-state index contributed by atoms with van der Waals surface area (Å²) < 4.78 is 5.69. The lowest BCUT2D eigenvalue weighted by Gasteiger charge is -2.17. The van der Waals surface area contributed by atoms with Crippen molar-refractivity contribution in [2.75, 3.05) is 31.6 Å². The number of benzene rings is 1. The zero-order valence-corrected chi connectivity index (χ0v) is 11.2. The van der Waals surface area contributed by atoms with Crippen LogP contribution in [0.1, 0.15) is 19.8 Å². The van der Waals surface area contributed by atoms with Gasteiger partial charge in [0, 0.05) is 31.9 Å². The van der Waals surface area contributed by atoms with Crippen LogP contribution in [0.2, 0.25) is 0 Å². The fourth-order valence-electron chi connectivity index (χ4n) is 2.52. The van der Waals surface area contributed by atoms with Gasteiger partial charge in [0.25, 0.3) is 0 Å². The van der Waals surface area contributed by atoms with Gasteiger partial charge in [-0.15, -0.1) is 0 Å². The average molecular weight is 248 g/mol. The highest BCUT2D eigenvalue weighted by atomic mass is 16.5. The van der Waals surface area contributed by atoms with Crippen LogP contribution in [0.25, 0.3) is 0 Å². The second kappa shape index (κ2) is 7.39. The number of rotatable bonds is 7. The van der Waals surface area contributed by atoms with Crippen LogP contribution in [-0.4, -0.2) is 32.3 Å². The Balaban J connectivity index is 1.56. The normalized spacial score (nSPS) is 23.2. The van der Waals surface area contributed by atoms with E-state index in [0.717, 1.165) is 32.7 Å². The molecule has 1 heterocycles. The Hall–Kier alpha value is -1.06. The van der Waals surface area contributed by atoms with Gasteiger partial charge in [-0.25, -0.2) is 0 Å². The number of nitrogens with one attached hydrogen (secondary N) is 2. The number of anilines is 1. The lowest BCUT2D eigenvalue weighted by atomic mass is 10.00.